The standard InChI is InChI=1S/C23H37N5O2.HI/c1-3-24-23(26-18-22(29)28-15-7-8-16-28)25-17-21(27-13-5-4-6-14-27)19-9-11-20(30-2)12-10-19;/h9-12,21H,3-8,13-18H2,1-2H3,(H2,24,25,26);1H. The molecule has 2 heterocycles. The number of likely N-dealkylation sites (tertiary alicyclic amines) is 2. The number of methoxy groups -OCH3 is 1. The van der Waals surface area contributed by atoms with Crippen LogP contribution in [0.5, 0.6) is 5.75 Å². The van der Waals surface area contributed by atoms with Crippen LogP contribution in [-0.2, 0) is 4.79 Å². The van der Waals surface area contributed by atoms with Gasteiger partial charge in [0.05, 0.1) is 13.2 Å². The number of hydrogen-bond acceptors (Lipinski definition) is 4. The van der Waals surface area contributed by atoms with Gasteiger partial charge in [-0.1, -0.05) is 18.6 Å². The smallest absolute Gasteiger partial charge is 0.244 e. The third-order valence-electron chi connectivity index (χ3n) is 5.97. The molecule has 1 aromatic carbocycles. The summed E-state index contributed by atoms with van der Waals surface area (Å²) in [7, 11) is 1.70. The van der Waals surface area contributed by atoms with E-state index in [1.807, 2.05) is 24.0 Å². The van der Waals surface area contributed by atoms with Gasteiger partial charge in [0.15, 0.2) is 5.96 Å². The van der Waals surface area contributed by atoms with Crippen LogP contribution in [0.25, 0.3) is 0 Å². The summed E-state index contributed by atoms with van der Waals surface area (Å²) in [5, 5.41) is 6.77. The van der Waals surface area contributed by atoms with Crippen molar-refractivity contribution in [2.75, 3.05) is 52.9 Å². The average Bonchev–Trinajstić information content (AvgIpc) is 3.33. The normalized spacial score (nSPS) is 18.3. The predicted octanol–water partition coefficient (Wildman–Crippen LogP) is 3.02. The fourth-order valence-electron chi connectivity index (χ4n) is 4.26. The third-order valence-corrected chi connectivity index (χ3v) is 5.97. The van der Waals surface area contributed by atoms with Gasteiger partial charge in [-0.25, -0.2) is 4.99 Å². The molecule has 7 nitrogen and oxygen atoms in total. The minimum Gasteiger partial charge on any atom is -0.497 e. The van der Waals surface area contributed by atoms with E-state index in [1.165, 1.54) is 24.8 Å². The zero-order chi connectivity index (χ0) is 21.2. The fourth-order valence-corrected chi connectivity index (χ4v) is 4.26. The van der Waals surface area contributed by atoms with E-state index >= 15 is 0 Å². The van der Waals surface area contributed by atoms with Crippen molar-refractivity contribution in [3.05, 3.63) is 29.8 Å². The summed E-state index contributed by atoms with van der Waals surface area (Å²) in [5.74, 6) is 1.70. The Morgan fingerprint density at radius 2 is 1.68 bits per heavy atom. The number of piperidine rings is 1. The molecule has 0 aliphatic carbocycles. The minimum absolute atomic E-state index is 0. The van der Waals surface area contributed by atoms with E-state index in [9.17, 15) is 4.79 Å². The summed E-state index contributed by atoms with van der Waals surface area (Å²) in [6.45, 7) is 7.71. The summed E-state index contributed by atoms with van der Waals surface area (Å²) in [6.07, 6.45) is 6.00. The number of hydrogen-bond donors (Lipinski definition) is 2. The van der Waals surface area contributed by atoms with Crippen molar-refractivity contribution in [2.45, 2.75) is 45.1 Å². The van der Waals surface area contributed by atoms with Crippen LogP contribution < -0.4 is 15.4 Å². The molecule has 0 radical (unpaired) electrons. The Bertz CT molecular complexity index is 686. The second-order valence-corrected chi connectivity index (χ2v) is 8.05. The quantitative estimate of drug-likeness (QED) is 0.300. The number of ether oxygens (including phenoxy) is 1. The number of carbonyl (C=O) groups is 1. The van der Waals surface area contributed by atoms with E-state index in [0.29, 0.717) is 5.96 Å². The Kier molecular flexibility index (Phi) is 11.4. The molecule has 3 rings (SSSR count). The lowest BCUT2D eigenvalue weighted by Crippen LogP contribution is -2.45. The van der Waals surface area contributed by atoms with Crippen molar-refractivity contribution in [3.63, 3.8) is 0 Å². The molecule has 1 amide bonds. The lowest BCUT2D eigenvalue weighted by molar-refractivity contribution is -0.128. The van der Waals surface area contributed by atoms with E-state index in [1.54, 1.807) is 7.11 Å². The Balaban J connectivity index is 0.00000341. The number of nitrogens with one attached hydrogen (secondary N) is 2. The maximum absolute atomic E-state index is 12.4. The molecule has 0 spiro atoms. The van der Waals surface area contributed by atoms with Gasteiger partial charge < -0.3 is 20.3 Å². The van der Waals surface area contributed by atoms with Crippen molar-refractivity contribution >= 4 is 35.8 Å². The lowest BCUT2D eigenvalue weighted by Gasteiger charge is -2.35. The molecule has 1 unspecified atom stereocenters. The fraction of sp³-hybridized carbons (Fsp3) is 0.652. The maximum Gasteiger partial charge on any atom is 0.244 e. The molecule has 174 valence electrons. The van der Waals surface area contributed by atoms with Gasteiger partial charge in [0.2, 0.25) is 5.91 Å². The van der Waals surface area contributed by atoms with E-state index in [4.69, 9.17) is 4.74 Å². The molecule has 0 bridgehead atoms. The molecule has 2 N–H and O–H groups in total. The number of rotatable bonds is 8. The van der Waals surface area contributed by atoms with Gasteiger partial charge in [0.25, 0.3) is 0 Å². The molecule has 2 aliphatic heterocycles. The SMILES string of the molecule is CCNC(=NCC(=O)N1CCCC1)NCC(c1ccc(OC)cc1)N1CCCCC1.I. The molecule has 2 fully saturated rings. The first kappa shape index (κ1) is 25.7. The summed E-state index contributed by atoms with van der Waals surface area (Å²) >= 11 is 0. The van der Waals surface area contributed by atoms with Crippen molar-refractivity contribution in [2.24, 2.45) is 4.99 Å². The molecule has 1 atom stereocenters. The van der Waals surface area contributed by atoms with Gasteiger partial charge in [0, 0.05) is 26.2 Å². The third kappa shape index (κ3) is 7.82. The first-order valence-corrected chi connectivity index (χ1v) is 11.4. The number of carbonyl (C=O) groups excluding carboxylic acids is 1. The molecule has 8 heteroatoms. The zero-order valence-electron chi connectivity index (χ0n) is 18.9. The number of halogens is 1. The number of benzene rings is 1. The first-order valence-electron chi connectivity index (χ1n) is 11.4. The second-order valence-electron chi connectivity index (χ2n) is 8.05. The van der Waals surface area contributed by atoms with Crippen molar-refractivity contribution in [3.8, 4) is 5.75 Å². The van der Waals surface area contributed by atoms with Crippen molar-refractivity contribution in [1.29, 1.82) is 0 Å². The summed E-state index contributed by atoms with van der Waals surface area (Å²) in [6, 6.07) is 8.62. The van der Waals surface area contributed by atoms with Crippen LogP contribution in [0.1, 0.15) is 50.6 Å². The second kappa shape index (κ2) is 13.8. The van der Waals surface area contributed by atoms with E-state index in [-0.39, 0.29) is 42.5 Å². The van der Waals surface area contributed by atoms with Gasteiger partial charge in [-0.15, -0.1) is 24.0 Å². The highest BCUT2D eigenvalue weighted by molar-refractivity contribution is 14.0. The number of aliphatic imine (C=N–C) groups is 1. The summed E-state index contributed by atoms with van der Waals surface area (Å²) < 4.78 is 5.33. The van der Waals surface area contributed by atoms with Crippen molar-refractivity contribution in [1.82, 2.24) is 20.4 Å². The topological polar surface area (TPSA) is 69.2 Å². The highest BCUT2D eigenvalue weighted by atomic mass is 127. The number of guanidine groups is 1. The van der Waals surface area contributed by atoms with Crippen LogP contribution in [-0.4, -0.2) is 74.6 Å². The molecule has 0 saturated carbocycles. The number of nitrogens with zero attached hydrogens (tertiary/aromatic N) is 3. The van der Waals surface area contributed by atoms with Crippen LogP contribution in [0.4, 0.5) is 0 Å². The van der Waals surface area contributed by atoms with Gasteiger partial charge in [-0.3, -0.25) is 9.69 Å². The molecular formula is C23H38IN5O2. The van der Waals surface area contributed by atoms with Crippen LogP contribution in [0.15, 0.2) is 29.3 Å². The van der Waals surface area contributed by atoms with Gasteiger partial charge in [-0.2, -0.15) is 0 Å². The van der Waals surface area contributed by atoms with Gasteiger partial charge in [0.1, 0.15) is 12.3 Å². The van der Waals surface area contributed by atoms with Crippen LogP contribution >= 0.6 is 24.0 Å². The molecule has 31 heavy (non-hydrogen) atoms. The Morgan fingerprint density at radius 1 is 1.03 bits per heavy atom. The monoisotopic (exact) mass is 543 g/mol. The van der Waals surface area contributed by atoms with Crippen LogP contribution in [0.2, 0.25) is 0 Å². The highest BCUT2D eigenvalue weighted by Crippen LogP contribution is 2.25. The average molecular weight is 543 g/mol. The molecule has 0 aromatic heterocycles. The van der Waals surface area contributed by atoms with E-state index < -0.39 is 0 Å². The first-order chi connectivity index (χ1) is 14.7. The number of amides is 1. The van der Waals surface area contributed by atoms with E-state index in [0.717, 1.165) is 57.9 Å². The molecular weight excluding hydrogens is 505 g/mol. The highest BCUT2D eigenvalue weighted by Gasteiger charge is 2.23. The Labute approximate surface area is 204 Å². The lowest BCUT2D eigenvalue weighted by atomic mass is 10.0. The summed E-state index contributed by atoms with van der Waals surface area (Å²) in [4.78, 5) is 21.4. The zero-order valence-corrected chi connectivity index (χ0v) is 21.3. The summed E-state index contributed by atoms with van der Waals surface area (Å²) in [5.41, 5.74) is 1.27. The van der Waals surface area contributed by atoms with Crippen LogP contribution in [0.3, 0.4) is 0 Å². The van der Waals surface area contributed by atoms with Gasteiger partial charge in [-0.05, 0) is 63.4 Å². The van der Waals surface area contributed by atoms with Crippen molar-refractivity contribution < 1.29 is 9.53 Å². The predicted molar refractivity (Wildman–Crippen MR) is 136 cm³/mol. The molecule has 2 aliphatic rings. The Hall–Kier alpha value is -1.55. The van der Waals surface area contributed by atoms with E-state index in [2.05, 4.69) is 32.7 Å². The van der Waals surface area contributed by atoms with Crippen LogP contribution in [0, 0.1) is 0 Å². The minimum atomic E-state index is 0. The Morgan fingerprint density at radius 3 is 2.29 bits per heavy atom. The largest absolute Gasteiger partial charge is 0.497 e. The maximum atomic E-state index is 12.4. The molecule has 1 aromatic rings. The van der Waals surface area contributed by atoms with Gasteiger partial charge >= 0.3 is 0 Å². The molecule has 2 saturated heterocycles.